The van der Waals surface area contributed by atoms with Gasteiger partial charge in [-0.2, -0.15) is 11.3 Å². The second kappa shape index (κ2) is 3.64. The van der Waals surface area contributed by atoms with E-state index in [4.69, 9.17) is 0 Å². The first-order valence-electron chi connectivity index (χ1n) is 3.56. The van der Waals surface area contributed by atoms with Crippen molar-refractivity contribution in [3.05, 3.63) is 28.3 Å². The molecule has 0 nitrogen and oxygen atoms in total. The zero-order valence-electron chi connectivity index (χ0n) is 6.61. The molecule has 3 heteroatoms. The summed E-state index contributed by atoms with van der Waals surface area (Å²) in [5.41, 5.74) is 2.74. The van der Waals surface area contributed by atoms with Gasteiger partial charge in [-0.1, -0.05) is 0 Å². The van der Waals surface area contributed by atoms with Gasteiger partial charge in [-0.3, -0.25) is 0 Å². The van der Waals surface area contributed by atoms with Crippen LogP contribution in [-0.2, 0) is 0 Å². The summed E-state index contributed by atoms with van der Waals surface area (Å²) in [6.45, 7) is 0. The average molecular weight is 212 g/mol. The normalized spacial score (nSPS) is 10.4. The van der Waals surface area contributed by atoms with Crippen LogP contribution in [0.4, 0.5) is 0 Å². The fourth-order valence-corrected chi connectivity index (χ4v) is 3.34. The second-order valence-corrected chi connectivity index (χ2v) is 5.11. The smallest absolute Gasteiger partial charge is 0.0674 e. The number of hydrogen-bond donors (Lipinski definition) is 0. The van der Waals surface area contributed by atoms with Gasteiger partial charge in [0, 0.05) is 5.56 Å². The van der Waals surface area contributed by atoms with E-state index in [2.05, 4.69) is 34.5 Å². The fourth-order valence-electron chi connectivity index (χ4n) is 1.09. The van der Waals surface area contributed by atoms with E-state index in [0.29, 0.717) is 0 Å². The van der Waals surface area contributed by atoms with Crippen molar-refractivity contribution in [1.29, 1.82) is 0 Å². The van der Waals surface area contributed by atoms with E-state index >= 15 is 0 Å². The number of rotatable bonds is 2. The summed E-state index contributed by atoms with van der Waals surface area (Å²) >= 11 is 5.39. The Labute approximate surface area is 84.3 Å². The Morgan fingerprint density at radius 1 is 1.25 bits per heavy atom. The Morgan fingerprint density at radius 2 is 2.17 bits per heavy atom. The highest BCUT2D eigenvalue weighted by Crippen LogP contribution is 2.35. The van der Waals surface area contributed by atoms with Gasteiger partial charge in [-0.25, -0.2) is 0 Å². The third kappa shape index (κ3) is 1.44. The van der Waals surface area contributed by atoms with Gasteiger partial charge in [-0.15, -0.1) is 23.1 Å². The molecule has 0 spiro atoms. The highest BCUT2D eigenvalue weighted by atomic mass is 32.2. The molecule has 0 aromatic carbocycles. The highest BCUT2D eigenvalue weighted by molar-refractivity contribution is 8.00. The zero-order valence-corrected chi connectivity index (χ0v) is 9.06. The van der Waals surface area contributed by atoms with Gasteiger partial charge in [0.1, 0.15) is 0 Å². The molecule has 0 amide bonds. The van der Waals surface area contributed by atoms with Crippen LogP contribution in [0.1, 0.15) is 0 Å². The highest BCUT2D eigenvalue weighted by Gasteiger charge is 2.04. The van der Waals surface area contributed by atoms with Crippen LogP contribution in [0.2, 0.25) is 0 Å². The summed E-state index contributed by atoms with van der Waals surface area (Å²) in [4.78, 5) is 0. The SMILES string of the molecule is CSc1sccc1-c1ccsc1. The molecule has 2 aromatic rings. The quantitative estimate of drug-likeness (QED) is 0.672. The summed E-state index contributed by atoms with van der Waals surface area (Å²) in [7, 11) is 0. The molecule has 2 heterocycles. The van der Waals surface area contributed by atoms with Crippen molar-refractivity contribution in [3.63, 3.8) is 0 Å². The van der Waals surface area contributed by atoms with Crippen LogP contribution in [0, 0.1) is 0 Å². The van der Waals surface area contributed by atoms with Crippen LogP contribution in [0.15, 0.2) is 32.5 Å². The minimum absolute atomic E-state index is 1.35. The van der Waals surface area contributed by atoms with Gasteiger partial charge in [-0.05, 0) is 40.1 Å². The molecule has 0 aliphatic heterocycles. The lowest BCUT2D eigenvalue weighted by atomic mass is 10.2. The van der Waals surface area contributed by atoms with Crippen molar-refractivity contribution in [2.75, 3.05) is 6.26 Å². The maximum atomic E-state index is 2.20. The molecule has 2 rings (SSSR count). The lowest BCUT2D eigenvalue weighted by Crippen LogP contribution is -1.68. The molecule has 62 valence electrons. The standard InChI is InChI=1S/C9H8S3/c1-10-9-8(3-5-12-9)7-2-4-11-6-7/h2-6H,1H3. The molecule has 0 aliphatic rings. The Bertz CT molecular complexity index is 345. The van der Waals surface area contributed by atoms with E-state index in [1.165, 1.54) is 15.3 Å². The molecular weight excluding hydrogens is 204 g/mol. The molecule has 0 bridgehead atoms. The molecule has 0 saturated carbocycles. The maximum Gasteiger partial charge on any atom is 0.0674 e. The summed E-state index contributed by atoms with van der Waals surface area (Å²) in [6, 6.07) is 4.37. The first kappa shape index (κ1) is 8.35. The first-order valence-corrected chi connectivity index (χ1v) is 6.60. The van der Waals surface area contributed by atoms with Crippen LogP contribution >= 0.6 is 34.4 Å². The molecule has 0 unspecified atom stereocenters. The molecule has 2 aromatic heterocycles. The summed E-state index contributed by atoms with van der Waals surface area (Å²) in [5, 5.41) is 6.47. The Hall–Kier alpha value is -0.250. The lowest BCUT2D eigenvalue weighted by Gasteiger charge is -1.95. The molecule has 0 atom stereocenters. The molecule has 0 aliphatic carbocycles. The minimum atomic E-state index is 1.35. The van der Waals surface area contributed by atoms with Crippen molar-refractivity contribution < 1.29 is 0 Å². The Kier molecular flexibility index (Phi) is 2.54. The molecule has 0 fully saturated rings. The topological polar surface area (TPSA) is 0 Å². The summed E-state index contributed by atoms with van der Waals surface area (Å²) in [6.07, 6.45) is 2.13. The van der Waals surface area contributed by atoms with Crippen LogP contribution in [0.25, 0.3) is 11.1 Å². The molecule has 0 radical (unpaired) electrons. The number of thioether (sulfide) groups is 1. The zero-order chi connectivity index (χ0) is 8.39. The Balaban J connectivity index is 2.46. The van der Waals surface area contributed by atoms with Gasteiger partial charge in [0.15, 0.2) is 0 Å². The predicted molar refractivity (Wildman–Crippen MR) is 59.4 cm³/mol. The van der Waals surface area contributed by atoms with Gasteiger partial charge in [0.2, 0.25) is 0 Å². The van der Waals surface area contributed by atoms with E-state index in [1.807, 2.05) is 23.1 Å². The van der Waals surface area contributed by atoms with Crippen molar-refractivity contribution in [2.45, 2.75) is 4.21 Å². The van der Waals surface area contributed by atoms with Crippen LogP contribution < -0.4 is 0 Å². The second-order valence-electron chi connectivity index (χ2n) is 2.34. The summed E-state index contributed by atoms with van der Waals surface area (Å²) < 4.78 is 1.41. The van der Waals surface area contributed by atoms with Crippen LogP contribution in [0.5, 0.6) is 0 Å². The monoisotopic (exact) mass is 212 g/mol. The number of thiophene rings is 2. The van der Waals surface area contributed by atoms with E-state index in [1.54, 1.807) is 11.3 Å². The van der Waals surface area contributed by atoms with Crippen LogP contribution in [-0.4, -0.2) is 6.26 Å². The Morgan fingerprint density at radius 3 is 2.83 bits per heavy atom. The largest absolute Gasteiger partial charge is 0.152 e. The van der Waals surface area contributed by atoms with E-state index < -0.39 is 0 Å². The third-order valence-corrected chi connectivity index (χ3v) is 4.42. The molecule has 12 heavy (non-hydrogen) atoms. The first-order chi connectivity index (χ1) is 5.92. The molecule has 0 saturated heterocycles. The van der Waals surface area contributed by atoms with Crippen molar-refractivity contribution in [1.82, 2.24) is 0 Å². The van der Waals surface area contributed by atoms with Crippen molar-refractivity contribution >= 4 is 34.4 Å². The summed E-state index contributed by atoms with van der Waals surface area (Å²) in [5.74, 6) is 0. The van der Waals surface area contributed by atoms with Gasteiger partial charge in [0.25, 0.3) is 0 Å². The third-order valence-electron chi connectivity index (χ3n) is 1.65. The number of hydrogen-bond acceptors (Lipinski definition) is 3. The molecular formula is C9H8S3. The lowest BCUT2D eigenvalue weighted by molar-refractivity contribution is 1.68. The van der Waals surface area contributed by atoms with Crippen molar-refractivity contribution in [2.24, 2.45) is 0 Å². The predicted octanol–water partition coefficient (Wildman–Crippen LogP) is 4.20. The van der Waals surface area contributed by atoms with Gasteiger partial charge < -0.3 is 0 Å². The van der Waals surface area contributed by atoms with Gasteiger partial charge in [0.05, 0.1) is 4.21 Å². The van der Waals surface area contributed by atoms with Crippen LogP contribution in [0.3, 0.4) is 0 Å². The average Bonchev–Trinajstić information content (AvgIpc) is 2.74. The van der Waals surface area contributed by atoms with E-state index in [-0.39, 0.29) is 0 Å². The molecule has 0 N–H and O–H groups in total. The van der Waals surface area contributed by atoms with Crippen molar-refractivity contribution in [3.8, 4) is 11.1 Å². The van der Waals surface area contributed by atoms with E-state index in [9.17, 15) is 0 Å². The van der Waals surface area contributed by atoms with Gasteiger partial charge >= 0.3 is 0 Å². The minimum Gasteiger partial charge on any atom is -0.152 e. The fraction of sp³-hybridized carbons (Fsp3) is 0.111. The maximum absolute atomic E-state index is 2.20. The van der Waals surface area contributed by atoms with E-state index in [0.717, 1.165) is 0 Å².